The van der Waals surface area contributed by atoms with Gasteiger partial charge in [-0.1, -0.05) is 30.3 Å². The first kappa shape index (κ1) is 40.7. The Bertz CT molecular complexity index is 2450. The number of nitrogens with zero attached hydrogens (tertiary/aromatic N) is 6. The topological polar surface area (TPSA) is 186 Å². The van der Waals surface area contributed by atoms with Gasteiger partial charge >= 0.3 is 0 Å². The van der Waals surface area contributed by atoms with Crippen molar-refractivity contribution in [3.05, 3.63) is 121 Å². The van der Waals surface area contributed by atoms with E-state index in [9.17, 15) is 33.6 Å². The summed E-state index contributed by atoms with van der Waals surface area (Å²) in [6.07, 6.45) is 2.57. The molecule has 0 radical (unpaired) electrons. The molecule has 17 heteroatoms. The molecular weight excluding hydrogens is 834 g/mol. The van der Waals surface area contributed by atoms with Crippen molar-refractivity contribution < 1.29 is 28.8 Å². The molecule has 60 heavy (non-hydrogen) atoms. The molecule has 4 aromatic rings. The molecule has 4 aliphatic heterocycles. The maximum Gasteiger partial charge on any atom is 0.282 e. The molecule has 0 saturated carbocycles. The van der Waals surface area contributed by atoms with Gasteiger partial charge in [-0.15, -0.1) is 0 Å². The zero-order chi connectivity index (χ0) is 42.2. The van der Waals surface area contributed by atoms with Crippen LogP contribution in [0.3, 0.4) is 0 Å². The zero-order valence-corrected chi connectivity index (χ0v) is 34.7. The molecule has 3 atom stereocenters. The average molecular weight is 879 g/mol. The molecule has 5 heterocycles. The van der Waals surface area contributed by atoms with E-state index in [0.717, 1.165) is 35.5 Å². The molecule has 310 valence electrons. The summed E-state index contributed by atoms with van der Waals surface area (Å²) in [5.74, 6) is -2.73. The number of hydrogen-bond donors (Lipinski definition) is 3. The maximum absolute atomic E-state index is 13.5. The molecule has 0 spiro atoms. The Hall–Kier alpha value is -6.04. The molecule has 3 unspecified atom stereocenters. The standard InChI is InChI=1S/C43H44BrN9O7/c1-49-23-29(20-30(24-49)46-33-21-45-50(2)43(60)37(33)44)26-10-12-28(13-11-26)40(57)52-18-16-51(17-19-52)22-25-6-8-27(9-7-25)38(55)47-32-5-3-4-31-36(32)42(59)53(41(31)58)34-14-15-35(54)48-39(34)56/h3-13,21,29-30,34,46H,14-20,22-24H2,1-2H3,(H,47,55)(H,48,54,56). The molecule has 3 saturated heterocycles. The Balaban J connectivity index is 0.824. The second-order valence-electron chi connectivity index (χ2n) is 15.8. The second-order valence-corrected chi connectivity index (χ2v) is 16.6. The third kappa shape index (κ3) is 8.24. The van der Waals surface area contributed by atoms with E-state index in [4.69, 9.17) is 0 Å². The molecule has 8 rings (SSSR count). The third-order valence-corrected chi connectivity index (χ3v) is 12.5. The van der Waals surface area contributed by atoms with Crippen LogP contribution in [0, 0.1) is 0 Å². The van der Waals surface area contributed by atoms with Gasteiger partial charge in [0.2, 0.25) is 11.8 Å². The number of aryl methyl sites for hydroxylation is 1. The number of aromatic nitrogens is 2. The van der Waals surface area contributed by atoms with Crippen LogP contribution >= 0.6 is 15.9 Å². The van der Waals surface area contributed by atoms with Gasteiger partial charge in [-0.25, -0.2) is 4.68 Å². The number of fused-ring (bicyclic) bond motifs is 1. The normalized spacial score (nSPS) is 21.1. The van der Waals surface area contributed by atoms with Gasteiger partial charge in [0.15, 0.2) is 0 Å². The smallest absolute Gasteiger partial charge is 0.282 e. The van der Waals surface area contributed by atoms with Gasteiger partial charge in [0.1, 0.15) is 10.5 Å². The van der Waals surface area contributed by atoms with Gasteiger partial charge in [0, 0.05) is 76.5 Å². The second kappa shape index (κ2) is 16.9. The highest BCUT2D eigenvalue weighted by atomic mass is 79.9. The number of likely N-dealkylation sites (tertiary alicyclic amines) is 1. The van der Waals surface area contributed by atoms with Crippen LogP contribution in [0.4, 0.5) is 11.4 Å². The van der Waals surface area contributed by atoms with Crippen LogP contribution in [-0.2, 0) is 23.2 Å². The van der Waals surface area contributed by atoms with Gasteiger partial charge in [0.25, 0.3) is 29.2 Å². The fourth-order valence-corrected chi connectivity index (χ4v) is 8.99. The summed E-state index contributed by atoms with van der Waals surface area (Å²) in [7, 11) is 3.70. The monoisotopic (exact) mass is 877 g/mol. The summed E-state index contributed by atoms with van der Waals surface area (Å²) in [4.78, 5) is 97.2. The van der Waals surface area contributed by atoms with Crippen LogP contribution in [-0.4, -0.2) is 123 Å². The van der Waals surface area contributed by atoms with E-state index < -0.39 is 35.6 Å². The molecule has 0 bridgehead atoms. The Morgan fingerprint density at radius 1 is 0.850 bits per heavy atom. The van der Waals surface area contributed by atoms with Crippen molar-refractivity contribution >= 4 is 62.7 Å². The number of likely N-dealkylation sites (N-methyl/N-ethyl adjacent to an activating group) is 1. The molecule has 16 nitrogen and oxygen atoms in total. The number of hydrogen-bond acceptors (Lipinski definition) is 11. The molecule has 0 aliphatic carbocycles. The summed E-state index contributed by atoms with van der Waals surface area (Å²) >= 11 is 3.41. The quantitative estimate of drug-likeness (QED) is 0.210. The lowest BCUT2D eigenvalue weighted by molar-refractivity contribution is -0.136. The third-order valence-electron chi connectivity index (χ3n) is 11.7. The first-order valence-electron chi connectivity index (χ1n) is 19.9. The number of rotatable bonds is 9. The van der Waals surface area contributed by atoms with Crippen molar-refractivity contribution in [3.8, 4) is 0 Å². The Kier molecular flexibility index (Phi) is 11.5. The van der Waals surface area contributed by atoms with E-state index in [1.54, 1.807) is 31.4 Å². The summed E-state index contributed by atoms with van der Waals surface area (Å²) in [6.45, 7) is 4.89. The number of benzene rings is 3. The lowest BCUT2D eigenvalue weighted by Gasteiger charge is -2.37. The highest BCUT2D eigenvalue weighted by molar-refractivity contribution is 9.10. The average Bonchev–Trinajstić information content (AvgIpc) is 3.50. The number of halogens is 1. The summed E-state index contributed by atoms with van der Waals surface area (Å²) < 4.78 is 1.75. The van der Waals surface area contributed by atoms with Gasteiger partial charge in [-0.3, -0.25) is 48.7 Å². The Labute approximate surface area is 354 Å². The number of carbonyl (C=O) groups excluding carboxylic acids is 6. The molecule has 1 aromatic heterocycles. The van der Waals surface area contributed by atoms with E-state index in [1.165, 1.54) is 16.8 Å². The zero-order valence-electron chi connectivity index (χ0n) is 33.2. The fraction of sp³-hybridized carbons (Fsp3) is 0.349. The molecule has 3 aromatic carbocycles. The minimum absolute atomic E-state index is 0.00122. The minimum Gasteiger partial charge on any atom is -0.379 e. The van der Waals surface area contributed by atoms with E-state index in [2.05, 4.69) is 66.0 Å². The highest BCUT2D eigenvalue weighted by Crippen LogP contribution is 2.33. The van der Waals surface area contributed by atoms with Crippen molar-refractivity contribution in [2.24, 2.45) is 7.05 Å². The van der Waals surface area contributed by atoms with Crippen molar-refractivity contribution in [2.75, 3.05) is 56.9 Å². The van der Waals surface area contributed by atoms with Crippen LogP contribution < -0.4 is 21.5 Å². The Morgan fingerprint density at radius 3 is 2.28 bits per heavy atom. The Morgan fingerprint density at radius 2 is 1.57 bits per heavy atom. The first-order valence-corrected chi connectivity index (χ1v) is 20.7. The number of piperazine rings is 1. The van der Waals surface area contributed by atoms with Crippen LogP contribution in [0.2, 0.25) is 0 Å². The first-order chi connectivity index (χ1) is 28.8. The van der Waals surface area contributed by atoms with Crippen molar-refractivity contribution in [1.29, 1.82) is 0 Å². The SMILES string of the molecule is CN1CC(Nc2cnn(C)c(=O)c2Br)CC(c2ccc(C(=O)N3CCN(Cc4ccc(C(=O)Nc5cccc6c5C(=O)N(C5CCC(=O)NC5=O)C6=O)cc4)CC3)cc2)C1. The summed E-state index contributed by atoms with van der Waals surface area (Å²) in [5, 5.41) is 12.6. The van der Waals surface area contributed by atoms with Crippen LogP contribution in [0.25, 0.3) is 0 Å². The summed E-state index contributed by atoms with van der Waals surface area (Å²) in [5.41, 5.74) is 3.88. The van der Waals surface area contributed by atoms with Gasteiger partial charge in [-0.05, 0) is 89.3 Å². The number of carbonyl (C=O) groups is 6. The van der Waals surface area contributed by atoms with E-state index >= 15 is 0 Å². The molecule has 4 aliphatic rings. The van der Waals surface area contributed by atoms with E-state index in [1.807, 2.05) is 29.2 Å². The van der Waals surface area contributed by atoms with Crippen LogP contribution in [0.15, 0.2) is 82.2 Å². The van der Waals surface area contributed by atoms with Gasteiger partial charge < -0.3 is 20.4 Å². The van der Waals surface area contributed by atoms with Crippen molar-refractivity contribution in [1.82, 2.24) is 34.7 Å². The van der Waals surface area contributed by atoms with Gasteiger partial charge in [-0.2, -0.15) is 5.10 Å². The number of amides is 6. The van der Waals surface area contributed by atoms with Crippen molar-refractivity contribution in [3.63, 3.8) is 0 Å². The molecule has 3 N–H and O–H groups in total. The molecule has 3 fully saturated rings. The maximum atomic E-state index is 13.5. The lowest BCUT2D eigenvalue weighted by atomic mass is 9.87. The van der Waals surface area contributed by atoms with Crippen molar-refractivity contribution in [2.45, 2.75) is 43.8 Å². The minimum atomic E-state index is -1.11. The molecule has 6 amide bonds. The largest absolute Gasteiger partial charge is 0.379 e. The number of anilines is 2. The highest BCUT2D eigenvalue weighted by Gasteiger charge is 2.45. The number of nitrogens with one attached hydrogen (secondary N) is 3. The predicted molar refractivity (Wildman–Crippen MR) is 225 cm³/mol. The number of imide groups is 2. The van der Waals surface area contributed by atoms with Crippen LogP contribution in [0.1, 0.15) is 77.7 Å². The van der Waals surface area contributed by atoms with Crippen LogP contribution in [0.5, 0.6) is 0 Å². The van der Waals surface area contributed by atoms with E-state index in [-0.39, 0.29) is 53.1 Å². The lowest BCUT2D eigenvalue weighted by Crippen LogP contribution is -2.54. The number of piperidine rings is 2. The predicted octanol–water partition coefficient (Wildman–Crippen LogP) is 3.05. The van der Waals surface area contributed by atoms with Gasteiger partial charge in [0.05, 0.1) is 28.7 Å². The van der Waals surface area contributed by atoms with E-state index in [0.29, 0.717) is 54.0 Å². The molecular formula is C43H44BrN9O7. The summed E-state index contributed by atoms with van der Waals surface area (Å²) in [6, 6.07) is 18.6. The fourth-order valence-electron chi connectivity index (χ4n) is 8.52.